The van der Waals surface area contributed by atoms with Gasteiger partial charge >= 0.3 is 0 Å². The summed E-state index contributed by atoms with van der Waals surface area (Å²) in [6.07, 6.45) is 5.22. The number of imidazole rings is 1. The Morgan fingerprint density at radius 2 is 2.13 bits per heavy atom. The first-order valence-corrected chi connectivity index (χ1v) is 7.64. The van der Waals surface area contributed by atoms with E-state index in [1.54, 1.807) is 30.3 Å². The van der Waals surface area contributed by atoms with Crippen molar-refractivity contribution in [1.29, 1.82) is 0 Å². The molecule has 1 saturated heterocycles. The lowest BCUT2D eigenvalue weighted by Crippen LogP contribution is -2.50. The van der Waals surface area contributed by atoms with Crippen LogP contribution in [-0.4, -0.2) is 56.9 Å². The number of nitrogens with one attached hydrogen (secondary N) is 1. The predicted molar refractivity (Wildman–Crippen MR) is 86.3 cm³/mol. The molecule has 122 valence electrons. The molecule has 3 rings (SSSR count). The van der Waals surface area contributed by atoms with Gasteiger partial charge in [-0.15, -0.1) is 0 Å². The minimum absolute atomic E-state index is 0.0239. The van der Waals surface area contributed by atoms with Gasteiger partial charge in [0.15, 0.2) is 0 Å². The van der Waals surface area contributed by atoms with E-state index in [9.17, 15) is 9.59 Å². The summed E-state index contributed by atoms with van der Waals surface area (Å²) in [4.78, 5) is 35.8. The van der Waals surface area contributed by atoms with E-state index in [-0.39, 0.29) is 23.1 Å². The topological polar surface area (TPSA) is 74.2 Å². The van der Waals surface area contributed by atoms with E-state index in [1.807, 2.05) is 24.9 Å². The number of pyridine rings is 1. The fraction of sp³-hybridized carbons (Fsp3) is 0.438. The quantitative estimate of drug-likeness (QED) is 0.878. The molecule has 1 aliphatic rings. The summed E-state index contributed by atoms with van der Waals surface area (Å²) in [5.41, 5.74) is 0.601. The Hall–Kier alpha value is -2.41. The monoisotopic (exact) mass is 315 g/mol. The number of piperazine rings is 1. The lowest BCUT2D eigenvalue weighted by molar-refractivity contribution is 0.0526. The van der Waals surface area contributed by atoms with Crippen molar-refractivity contribution in [1.82, 2.24) is 24.3 Å². The van der Waals surface area contributed by atoms with Gasteiger partial charge in [-0.05, 0) is 25.6 Å². The zero-order valence-corrected chi connectivity index (χ0v) is 13.6. The molecule has 1 aliphatic heterocycles. The van der Waals surface area contributed by atoms with Gasteiger partial charge in [0.05, 0.1) is 6.04 Å². The maximum atomic E-state index is 12.8. The van der Waals surface area contributed by atoms with Gasteiger partial charge in [-0.3, -0.25) is 14.5 Å². The van der Waals surface area contributed by atoms with E-state index in [2.05, 4.69) is 14.9 Å². The number of nitrogens with zero attached hydrogens (tertiary/aromatic N) is 4. The van der Waals surface area contributed by atoms with Gasteiger partial charge in [0.25, 0.3) is 11.5 Å². The number of carbonyl (C=O) groups excluding carboxylic acids is 1. The minimum Gasteiger partial charge on any atom is -0.337 e. The van der Waals surface area contributed by atoms with Gasteiger partial charge in [-0.2, -0.15) is 0 Å². The third-order valence-electron chi connectivity index (χ3n) is 4.47. The number of hydrogen-bond acceptors (Lipinski definition) is 4. The normalized spacial score (nSPS) is 19.1. The first kappa shape index (κ1) is 15.5. The van der Waals surface area contributed by atoms with Crippen molar-refractivity contribution in [2.24, 2.45) is 7.05 Å². The highest BCUT2D eigenvalue weighted by molar-refractivity contribution is 5.95. The summed E-state index contributed by atoms with van der Waals surface area (Å²) in [5.74, 6) is 0.709. The van der Waals surface area contributed by atoms with E-state index in [4.69, 9.17) is 0 Å². The largest absolute Gasteiger partial charge is 0.337 e. The molecule has 0 bridgehead atoms. The van der Waals surface area contributed by atoms with Crippen LogP contribution in [0.1, 0.15) is 27.8 Å². The molecule has 0 aromatic carbocycles. The van der Waals surface area contributed by atoms with E-state index in [0.29, 0.717) is 18.7 Å². The maximum absolute atomic E-state index is 12.8. The van der Waals surface area contributed by atoms with Crippen LogP contribution in [0, 0.1) is 6.92 Å². The molecule has 0 unspecified atom stereocenters. The number of amides is 1. The van der Waals surface area contributed by atoms with Gasteiger partial charge in [0.1, 0.15) is 11.4 Å². The van der Waals surface area contributed by atoms with Crippen LogP contribution in [0.5, 0.6) is 0 Å². The third-order valence-corrected chi connectivity index (χ3v) is 4.47. The van der Waals surface area contributed by atoms with Crippen molar-refractivity contribution < 1.29 is 4.79 Å². The van der Waals surface area contributed by atoms with E-state index in [0.717, 1.165) is 12.4 Å². The number of aryl methyl sites for hydroxylation is 2. The summed E-state index contributed by atoms with van der Waals surface area (Å²) in [6, 6.07) is 1.77. The first-order valence-electron chi connectivity index (χ1n) is 7.64. The Balaban J connectivity index is 1.88. The van der Waals surface area contributed by atoms with E-state index in [1.165, 1.54) is 0 Å². The second-order valence-electron chi connectivity index (χ2n) is 6.01. The molecule has 1 amide bonds. The lowest BCUT2D eigenvalue weighted by atomic mass is 10.1. The molecule has 2 aromatic rings. The number of hydrogen-bond donors (Lipinski definition) is 1. The van der Waals surface area contributed by atoms with Crippen LogP contribution < -0.4 is 5.56 Å². The van der Waals surface area contributed by atoms with Crippen molar-refractivity contribution in [3.8, 4) is 0 Å². The molecule has 0 radical (unpaired) electrons. The fourth-order valence-electron chi connectivity index (χ4n) is 3.04. The molecule has 2 aromatic heterocycles. The Morgan fingerprint density at radius 1 is 1.35 bits per heavy atom. The van der Waals surface area contributed by atoms with E-state index >= 15 is 0 Å². The van der Waals surface area contributed by atoms with Crippen molar-refractivity contribution >= 4 is 5.91 Å². The number of aromatic nitrogens is 3. The summed E-state index contributed by atoms with van der Waals surface area (Å²) >= 11 is 0. The van der Waals surface area contributed by atoms with Crippen LogP contribution in [0.4, 0.5) is 0 Å². The van der Waals surface area contributed by atoms with Gasteiger partial charge in [-0.1, -0.05) is 0 Å². The highest BCUT2D eigenvalue weighted by atomic mass is 16.2. The lowest BCUT2D eigenvalue weighted by Gasteiger charge is -2.39. The second-order valence-corrected chi connectivity index (χ2v) is 6.01. The van der Waals surface area contributed by atoms with Crippen LogP contribution in [0.3, 0.4) is 0 Å². The van der Waals surface area contributed by atoms with Gasteiger partial charge in [-0.25, -0.2) is 4.98 Å². The van der Waals surface area contributed by atoms with Crippen molar-refractivity contribution in [2.45, 2.75) is 13.0 Å². The standard InChI is InChI=1S/C16H21N5O2/c1-11-4-5-18-15(22)13(11)16(23)21-9-8-19(2)12(10-21)14-17-6-7-20(14)3/h4-7,12H,8-10H2,1-3H3,(H,18,22)/t12-/m0/s1. The number of H-pyrrole nitrogens is 1. The maximum Gasteiger partial charge on any atom is 0.261 e. The minimum atomic E-state index is -0.331. The zero-order valence-electron chi connectivity index (χ0n) is 13.6. The van der Waals surface area contributed by atoms with Crippen LogP contribution in [0.25, 0.3) is 0 Å². The number of rotatable bonds is 2. The SMILES string of the molecule is Cc1cc[nH]c(=O)c1C(=O)N1CCN(C)[C@H](c2nccn2C)C1. The number of likely N-dealkylation sites (N-methyl/N-ethyl adjacent to an activating group) is 1. The molecule has 1 fully saturated rings. The number of aromatic amines is 1. The van der Waals surface area contributed by atoms with Crippen LogP contribution in [-0.2, 0) is 7.05 Å². The molecular formula is C16H21N5O2. The van der Waals surface area contributed by atoms with Crippen LogP contribution in [0.2, 0.25) is 0 Å². The smallest absolute Gasteiger partial charge is 0.261 e. The van der Waals surface area contributed by atoms with Crippen molar-refractivity contribution in [3.05, 3.63) is 52.0 Å². The first-order chi connectivity index (χ1) is 11.0. The average molecular weight is 315 g/mol. The van der Waals surface area contributed by atoms with Gasteiger partial charge in [0, 0.05) is 45.3 Å². The molecule has 7 nitrogen and oxygen atoms in total. The highest BCUT2D eigenvalue weighted by Crippen LogP contribution is 2.23. The Kier molecular flexibility index (Phi) is 4.04. The average Bonchev–Trinajstić information content (AvgIpc) is 2.93. The molecule has 0 aliphatic carbocycles. The molecule has 3 heterocycles. The molecule has 23 heavy (non-hydrogen) atoms. The van der Waals surface area contributed by atoms with Crippen LogP contribution >= 0.6 is 0 Å². The molecule has 0 spiro atoms. The summed E-state index contributed by atoms with van der Waals surface area (Å²) in [6.45, 7) is 3.65. The Labute approximate surface area is 134 Å². The summed E-state index contributed by atoms with van der Waals surface area (Å²) in [5, 5.41) is 0. The van der Waals surface area contributed by atoms with Crippen molar-refractivity contribution in [3.63, 3.8) is 0 Å². The summed E-state index contributed by atoms with van der Waals surface area (Å²) in [7, 11) is 3.98. The molecule has 1 atom stereocenters. The zero-order chi connectivity index (χ0) is 16.6. The Bertz CT molecular complexity index is 779. The molecular weight excluding hydrogens is 294 g/mol. The Morgan fingerprint density at radius 3 is 2.78 bits per heavy atom. The predicted octanol–water partition coefficient (Wildman–Crippen LogP) is 0.546. The molecule has 7 heteroatoms. The van der Waals surface area contributed by atoms with Gasteiger partial charge in [0.2, 0.25) is 0 Å². The highest BCUT2D eigenvalue weighted by Gasteiger charge is 2.32. The molecule has 0 saturated carbocycles. The van der Waals surface area contributed by atoms with E-state index < -0.39 is 0 Å². The summed E-state index contributed by atoms with van der Waals surface area (Å²) < 4.78 is 1.97. The van der Waals surface area contributed by atoms with Gasteiger partial charge < -0.3 is 14.5 Å². The number of carbonyl (C=O) groups is 1. The van der Waals surface area contributed by atoms with Crippen molar-refractivity contribution in [2.75, 3.05) is 26.7 Å². The third kappa shape index (κ3) is 2.79. The molecule has 1 N–H and O–H groups in total. The fourth-order valence-corrected chi connectivity index (χ4v) is 3.04. The second kappa shape index (κ2) is 6.00. The van der Waals surface area contributed by atoms with Crippen LogP contribution in [0.15, 0.2) is 29.5 Å².